The fourth-order valence-electron chi connectivity index (χ4n) is 4.07. The zero-order valence-corrected chi connectivity index (χ0v) is 18.1. The lowest BCUT2D eigenvalue weighted by atomic mass is 10.0. The molecule has 1 aromatic heterocycles. The zero-order valence-electron chi connectivity index (χ0n) is 18.1. The normalized spacial score (nSPS) is 15.0. The third kappa shape index (κ3) is 6.18. The number of piperidine rings is 1. The van der Waals surface area contributed by atoms with Crippen LogP contribution in [0.1, 0.15) is 24.0 Å². The van der Waals surface area contributed by atoms with Gasteiger partial charge in [-0.05, 0) is 43.5 Å². The van der Waals surface area contributed by atoms with Gasteiger partial charge in [-0.3, -0.25) is 4.90 Å². The molecule has 1 saturated heterocycles. The Labute approximate surface area is 184 Å². The highest BCUT2D eigenvalue weighted by Crippen LogP contribution is 2.15. The number of hydrogen-bond acceptors (Lipinski definition) is 4. The third-order valence-electron chi connectivity index (χ3n) is 5.73. The lowest BCUT2D eigenvalue weighted by Crippen LogP contribution is -2.48. The minimum absolute atomic E-state index is 0.0922. The molecule has 3 aromatic rings. The standard InChI is InChI=1S/C25H31N5O/c1-19-5-4-6-20(17-19)18-30-15-11-22(12-16-30)28-25(31)27-14-13-26-24-10-9-21-7-2-3-8-23(21)29-24/h2-10,17,22H,11-16,18H2,1H3,(H,26,29)(H2,27,28,31). The number of amides is 2. The van der Waals surface area contributed by atoms with Gasteiger partial charge in [-0.1, -0.05) is 48.0 Å². The second-order valence-corrected chi connectivity index (χ2v) is 8.26. The average molecular weight is 418 g/mol. The Morgan fingerprint density at radius 1 is 1.03 bits per heavy atom. The number of hydrogen-bond donors (Lipinski definition) is 3. The van der Waals surface area contributed by atoms with E-state index in [4.69, 9.17) is 0 Å². The van der Waals surface area contributed by atoms with Crippen molar-refractivity contribution < 1.29 is 4.79 Å². The third-order valence-corrected chi connectivity index (χ3v) is 5.73. The van der Waals surface area contributed by atoms with Crippen LogP contribution in [0.3, 0.4) is 0 Å². The predicted molar refractivity (Wildman–Crippen MR) is 126 cm³/mol. The first-order valence-corrected chi connectivity index (χ1v) is 11.1. The van der Waals surface area contributed by atoms with Crippen LogP contribution < -0.4 is 16.0 Å². The summed E-state index contributed by atoms with van der Waals surface area (Å²) < 4.78 is 0. The molecule has 2 amide bonds. The molecule has 2 aromatic carbocycles. The molecule has 0 saturated carbocycles. The molecule has 0 bridgehead atoms. The van der Waals surface area contributed by atoms with Crippen molar-refractivity contribution >= 4 is 22.8 Å². The van der Waals surface area contributed by atoms with Gasteiger partial charge in [0.25, 0.3) is 0 Å². The number of aryl methyl sites for hydroxylation is 1. The number of nitrogens with zero attached hydrogens (tertiary/aromatic N) is 2. The molecule has 0 aliphatic carbocycles. The van der Waals surface area contributed by atoms with Crippen molar-refractivity contribution in [2.75, 3.05) is 31.5 Å². The van der Waals surface area contributed by atoms with Crippen LogP contribution in [0.25, 0.3) is 10.9 Å². The Morgan fingerprint density at radius 2 is 1.87 bits per heavy atom. The first kappa shape index (κ1) is 21.1. The summed E-state index contributed by atoms with van der Waals surface area (Å²) in [6, 6.07) is 20.9. The van der Waals surface area contributed by atoms with Crippen molar-refractivity contribution in [3.8, 4) is 0 Å². The Kier molecular flexibility index (Phi) is 6.99. The van der Waals surface area contributed by atoms with Crippen molar-refractivity contribution in [3.63, 3.8) is 0 Å². The van der Waals surface area contributed by atoms with Crippen LogP contribution in [0, 0.1) is 6.92 Å². The molecule has 162 valence electrons. The predicted octanol–water partition coefficient (Wildman–Crippen LogP) is 3.92. The summed E-state index contributed by atoms with van der Waals surface area (Å²) in [5.74, 6) is 0.821. The monoisotopic (exact) mass is 417 g/mol. The molecule has 6 nitrogen and oxygen atoms in total. The number of rotatable bonds is 7. The average Bonchev–Trinajstić information content (AvgIpc) is 2.78. The van der Waals surface area contributed by atoms with E-state index in [1.165, 1.54) is 11.1 Å². The maximum absolute atomic E-state index is 12.2. The fourth-order valence-corrected chi connectivity index (χ4v) is 4.07. The fraction of sp³-hybridized carbons (Fsp3) is 0.360. The van der Waals surface area contributed by atoms with E-state index in [9.17, 15) is 4.79 Å². The maximum atomic E-state index is 12.2. The Balaban J connectivity index is 1.13. The summed E-state index contributed by atoms with van der Waals surface area (Å²) >= 11 is 0. The van der Waals surface area contributed by atoms with Crippen molar-refractivity contribution in [2.24, 2.45) is 0 Å². The van der Waals surface area contributed by atoms with Crippen LogP contribution in [0.4, 0.5) is 10.6 Å². The molecule has 1 aliphatic heterocycles. The number of benzene rings is 2. The number of fused-ring (bicyclic) bond motifs is 1. The number of pyridine rings is 1. The molecule has 1 fully saturated rings. The van der Waals surface area contributed by atoms with Gasteiger partial charge < -0.3 is 16.0 Å². The van der Waals surface area contributed by atoms with E-state index in [2.05, 4.69) is 63.1 Å². The SMILES string of the molecule is Cc1cccc(CN2CCC(NC(=O)NCCNc3ccc4ccccc4n3)CC2)c1. The maximum Gasteiger partial charge on any atom is 0.315 e. The molecule has 6 heteroatoms. The van der Waals surface area contributed by atoms with Crippen molar-refractivity contribution in [1.29, 1.82) is 0 Å². The number of aromatic nitrogens is 1. The van der Waals surface area contributed by atoms with E-state index in [1.54, 1.807) is 0 Å². The van der Waals surface area contributed by atoms with E-state index in [0.29, 0.717) is 13.1 Å². The van der Waals surface area contributed by atoms with Crippen LogP contribution in [0.5, 0.6) is 0 Å². The highest BCUT2D eigenvalue weighted by atomic mass is 16.2. The quantitative estimate of drug-likeness (QED) is 0.510. The minimum atomic E-state index is -0.0922. The van der Waals surface area contributed by atoms with E-state index >= 15 is 0 Å². The molecule has 0 atom stereocenters. The number of carbonyl (C=O) groups is 1. The van der Waals surface area contributed by atoms with E-state index in [-0.39, 0.29) is 12.1 Å². The molecule has 0 unspecified atom stereocenters. The Bertz CT molecular complexity index is 1010. The molecular formula is C25H31N5O. The summed E-state index contributed by atoms with van der Waals surface area (Å²) in [6.45, 7) is 6.31. The summed E-state index contributed by atoms with van der Waals surface area (Å²) in [5, 5.41) is 10.4. The molecule has 3 N–H and O–H groups in total. The lowest BCUT2D eigenvalue weighted by molar-refractivity contribution is 0.187. The van der Waals surface area contributed by atoms with E-state index in [1.807, 2.05) is 30.3 Å². The van der Waals surface area contributed by atoms with Crippen LogP contribution in [0.2, 0.25) is 0 Å². The molecule has 31 heavy (non-hydrogen) atoms. The van der Waals surface area contributed by atoms with Crippen molar-refractivity contribution in [3.05, 3.63) is 71.8 Å². The highest BCUT2D eigenvalue weighted by Gasteiger charge is 2.20. The number of urea groups is 1. The van der Waals surface area contributed by atoms with Gasteiger partial charge in [0, 0.05) is 44.2 Å². The number of likely N-dealkylation sites (tertiary alicyclic amines) is 1. The summed E-state index contributed by atoms with van der Waals surface area (Å²) in [5.41, 5.74) is 3.63. The molecule has 2 heterocycles. The first-order chi connectivity index (χ1) is 15.2. The summed E-state index contributed by atoms with van der Waals surface area (Å²) in [6.07, 6.45) is 1.97. The van der Waals surface area contributed by atoms with Gasteiger partial charge >= 0.3 is 6.03 Å². The second kappa shape index (κ2) is 10.3. The highest BCUT2D eigenvalue weighted by molar-refractivity contribution is 5.80. The van der Waals surface area contributed by atoms with Gasteiger partial charge in [0.1, 0.15) is 5.82 Å². The number of para-hydroxylation sites is 1. The molecule has 0 spiro atoms. The van der Waals surface area contributed by atoms with Gasteiger partial charge in [-0.25, -0.2) is 9.78 Å². The Morgan fingerprint density at radius 3 is 2.71 bits per heavy atom. The van der Waals surface area contributed by atoms with Gasteiger partial charge in [0.05, 0.1) is 5.52 Å². The first-order valence-electron chi connectivity index (χ1n) is 11.1. The van der Waals surface area contributed by atoms with E-state index in [0.717, 1.165) is 49.2 Å². The van der Waals surface area contributed by atoms with Gasteiger partial charge in [-0.15, -0.1) is 0 Å². The number of nitrogens with one attached hydrogen (secondary N) is 3. The Hall–Kier alpha value is -3.12. The van der Waals surface area contributed by atoms with Gasteiger partial charge in [-0.2, -0.15) is 0 Å². The topological polar surface area (TPSA) is 69.3 Å². The molecule has 0 radical (unpaired) electrons. The molecule has 4 rings (SSSR count). The smallest absolute Gasteiger partial charge is 0.315 e. The van der Waals surface area contributed by atoms with Crippen molar-refractivity contribution in [1.82, 2.24) is 20.5 Å². The van der Waals surface area contributed by atoms with Crippen LogP contribution in [0.15, 0.2) is 60.7 Å². The minimum Gasteiger partial charge on any atom is -0.368 e. The zero-order chi connectivity index (χ0) is 21.5. The summed E-state index contributed by atoms with van der Waals surface area (Å²) in [7, 11) is 0. The second-order valence-electron chi connectivity index (χ2n) is 8.26. The van der Waals surface area contributed by atoms with Crippen LogP contribution >= 0.6 is 0 Å². The van der Waals surface area contributed by atoms with Crippen LogP contribution in [-0.2, 0) is 6.54 Å². The van der Waals surface area contributed by atoms with Gasteiger partial charge in [0.2, 0.25) is 0 Å². The van der Waals surface area contributed by atoms with Crippen molar-refractivity contribution in [2.45, 2.75) is 32.4 Å². The van der Waals surface area contributed by atoms with E-state index < -0.39 is 0 Å². The van der Waals surface area contributed by atoms with Crippen LogP contribution in [-0.4, -0.2) is 48.1 Å². The lowest BCUT2D eigenvalue weighted by Gasteiger charge is -2.32. The summed E-state index contributed by atoms with van der Waals surface area (Å²) in [4.78, 5) is 19.3. The molecule has 1 aliphatic rings. The number of carbonyl (C=O) groups excluding carboxylic acids is 1. The number of anilines is 1. The largest absolute Gasteiger partial charge is 0.368 e. The molecular weight excluding hydrogens is 386 g/mol. The van der Waals surface area contributed by atoms with Gasteiger partial charge in [0.15, 0.2) is 0 Å².